The van der Waals surface area contributed by atoms with Crippen LogP contribution >= 0.6 is 15.9 Å². The van der Waals surface area contributed by atoms with Crippen molar-refractivity contribution < 1.29 is 8.42 Å². The lowest BCUT2D eigenvalue weighted by Gasteiger charge is -2.08. The lowest BCUT2D eigenvalue weighted by Crippen LogP contribution is -2.11. The molecule has 1 heterocycles. The monoisotopic (exact) mass is 404 g/mol. The third-order valence-corrected chi connectivity index (χ3v) is 5.82. The number of rotatable bonds is 3. The molecule has 0 bridgehead atoms. The summed E-state index contributed by atoms with van der Waals surface area (Å²) in [5, 5.41) is 3.14. The molecule has 6 heteroatoms. The van der Waals surface area contributed by atoms with Crippen LogP contribution in [0.1, 0.15) is 25.0 Å². The fourth-order valence-electron chi connectivity index (χ4n) is 2.65. The molecule has 3 rings (SSSR count). The van der Waals surface area contributed by atoms with Gasteiger partial charge in [0.25, 0.3) is 10.0 Å². The van der Waals surface area contributed by atoms with Crippen molar-refractivity contribution in [1.29, 1.82) is 0 Å². The highest BCUT2D eigenvalue weighted by molar-refractivity contribution is 9.10. The number of nitrogens with one attached hydrogen (secondary N) is 1. The van der Waals surface area contributed by atoms with E-state index >= 15 is 0 Å². The van der Waals surface area contributed by atoms with Gasteiger partial charge >= 0.3 is 0 Å². The first kappa shape index (κ1) is 16.9. The highest BCUT2D eigenvalue weighted by atomic mass is 79.9. The molecule has 0 amide bonds. The van der Waals surface area contributed by atoms with Gasteiger partial charge in [0.05, 0.1) is 0 Å². The molecule has 2 aromatic carbocycles. The van der Waals surface area contributed by atoms with Gasteiger partial charge in [-0.1, -0.05) is 47.1 Å². The van der Waals surface area contributed by atoms with Crippen LogP contribution in [-0.4, -0.2) is 14.3 Å². The highest BCUT2D eigenvalue weighted by Crippen LogP contribution is 2.34. The Kier molecular flexibility index (Phi) is 4.60. The molecule has 4 nitrogen and oxygen atoms in total. The molecule has 0 radical (unpaired) electrons. The second-order valence-electron chi connectivity index (χ2n) is 5.56. The van der Waals surface area contributed by atoms with Gasteiger partial charge < -0.3 is 5.32 Å². The Morgan fingerprint density at radius 2 is 1.88 bits per heavy atom. The van der Waals surface area contributed by atoms with Gasteiger partial charge in [-0.3, -0.25) is 0 Å². The smallest absolute Gasteiger partial charge is 0.285 e. The zero-order chi connectivity index (χ0) is 17.3. The first-order chi connectivity index (χ1) is 11.4. The summed E-state index contributed by atoms with van der Waals surface area (Å²) in [6, 6.07) is 15.1. The van der Waals surface area contributed by atoms with E-state index in [0.717, 1.165) is 16.6 Å². The minimum atomic E-state index is -3.71. The fraction of sp³-hybridized carbons (Fsp3) is 0.167. The number of nitrogens with zero attached hydrogens (tertiary/aromatic N) is 1. The van der Waals surface area contributed by atoms with Gasteiger partial charge in [0.2, 0.25) is 0 Å². The number of anilines is 1. The maximum Gasteiger partial charge on any atom is 0.285 e. The number of hydrogen-bond acceptors (Lipinski definition) is 3. The van der Waals surface area contributed by atoms with Gasteiger partial charge in [-0.15, -0.1) is 4.40 Å². The van der Waals surface area contributed by atoms with Gasteiger partial charge in [-0.05, 0) is 48.7 Å². The van der Waals surface area contributed by atoms with E-state index in [1.165, 1.54) is 5.56 Å². The molecule has 0 spiro atoms. The molecule has 0 unspecified atom stereocenters. The van der Waals surface area contributed by atoms with E-state index in [0.29, 0.717) is 17.0 Å². The third-order valence-electron chi connectivity index (χ3n) is 3.85. The van der Waals surface area contributed by atoms with Crippen molar-refractivity contribution in [3.63, 3.8) is 0 Å². The number of amidine groups is 1. The van der Waals surface area contributed by atoms with E-state index < -0.39 is 10.0 Å². The average molecular weight is 405 g/mol. The van der Waals surface area contributed by atoms with Crippen LogP contribution in [-0.2, 0) is 16.4 Å². The number of aryl methyl sites for hydroxylation is 1. The minimum Gasteiger partial charge on any atom is -0.339 e. The lowest BCUT2D eigenvalue weighted by atomic mass is 10.1. The number of halogens is 1. The SMILES string of the molecule is CCc1cccc(NC2=NS(=O)(=O)C(c3cccc(Br)c3)=C2C)c1. The number of benzene rings is 2. The Morgan fingerprint density at radius 1 is 1.12 bits per heavy atom. The van der Waals surface area contributed by atoms with Crippen LogP contribution in [0.4, 0.5) is 5.69 Å². The summed E-state index contributed by atoms with van der Waals surface area (Å²) in [5.41, 5.74) is 3.26. The Hall–Kier alpha value is -1.92. The van der Waals surface area contributed by atoms with Crippen molar-refractivity contribution in [2.24, 2.45) is 4.40 Å². The average Bonchev–Trinajstić information content (AvgIpc) is 2.76. The van der Waals surface area contributed by atoms with E-state index in [1.807, 2.05) is 36.4 Å². The molecular formula is C18H17BrN2O2S. The highest BCUT2D eigenvalue weighted by Gasteiger charge is 2.31. The van der Waals surface area contributed by atoms with Crippen molar-refractivity contribution in [3.05, 3.63) is 69.7 Å². The molecular weight excluding hydrogens is 388 g/mol. The van der Waals surface area contributed by atoms with Crippen molar-refractivity contribution in [2.45, 2.75) is 20.3 Å². The topological polar surface area (TPSA) is 58.5 Å². The maximum atomic E-state index is 12.5. The largest absolute Gasteiger partial charge is 0.339 e. The molecule has 24 heavy (non-hydrogen) atoms. The van der Waals surface area contributed by atoms with Gasteiger partial charge in [-0.2, -0.15) is 8.42 Å². The second kappa shape index (κ2) is 6.53. The van der Waals surface area contributed by atoms with Crippen molar-refractivity contribution >= 4 is 42.4 Å². The summed E-state index contributed by atoms with van der Waals surface area (Å²) in [6.07, 6.45) is 0.915. The van der Waals surface area contributed by atoms with Crippen molar-refractivity contribution in [2.75, 3.05) is 5.32 Å². The lowest BCUT2D eigenvalue weighted by molar-refractivity contribution is 0.608. The van der Waals surface area contributed by atoms with E-state index in [2.05, 4.69) is 32.6 Å². The fourth-order valence-corrected chi connectivity index (χ4v) is 4.47. The molecule has 0 saturated heterocycles. The summed E-state index contributed by atoms with van der Waals surface area (Å²) in [6.45, 7) is 3.85. The summed E-state index contributed by atoms with van der Waals surface area (Å²) in [4.78, 5) is 0.248. The Morgan fingerprint density at radius 3 is 2.58 bits per heavy atom. The molecule has 1 aliphatic heterocycles. The van der Waals surface area contributed by atoms with Gasteiger partial charge in [0.15, 0.2) is 0 Å². The van der Waals surface area contributed by atoms with E-state index in [1.54, 1.807) is 19.1 Å². The van der Waals surface area contributed by atoms with Gasteiger partial charge in [-0.25, -0.2) is 0 Å². The van der Waals surface area contributed by atoms with Gasteiger partial charge in [0, 0.05) is 15.7 Å². The summed E-state index contributed by atoms with van der Waals surface area (Å²) >= 11 is 3.38. The Labute approximate surface area is 150 Å². The predicted octanol–water partition coefficient (Wildman–Crippen LogP) is 4.60. The molecule has 0 fully saturated rings. The van der Waals surface area contributed by atoms with E-state index in [4.69, 9.17) is 0 Å². The quantitative estimate of drug-likeness (QED) is 0.812. The zero-order valence-electron chi connectivity index (χ0n) is 13.4. The maximum absolute atomic E-state index is 12.5. The van der Waals surface area contributed by atoms with Crippen LogP contribution in [0.15, 0.2) is 63.0 Å². The minimum absolute atomic E-state index is 0.248. The first-order valence-electron chi connectivity index (χ1n) is 7.59. The Balaban J connectivity index is 2.01. The van der Waals surface area contributed by atoms with Crippen LogP contribution in [0, 0.1) is 0 Å². The molecule has 2 aromatic rings. The normalized spacial score (nSPS) is 16.2. The summed E-state index contributed by atoms with van der Waals surface area (Å²) in [5.74, 6) is 0.373. The Bertz CT molecular complexity index is 962. The van der Waals surface area contributed by atoms with Crippen LogP contribution < -0.4 is 5.32 Å². The third kappa shape index (κ3) is 3.30. The predicted molar refractivity (Wildman–Crippen MR) is 103 cm³/mol. The zero-order valence-corrected chi connectivity index (χ0v) is 15.8. The standard InChI is InChI=1S/C18H17BrN2O2S/c1-3-13-6-4-9-16(10-13)20-18-12(2)17(24(22,23)21-18)14-7-5-8-15(19)11-14/h4-11H,3H2,1-2H3,(H,20,21). The molecule has 0 aliphatic carbocycles. The number of hydrogen-bond donors (Lipinski definition) is 1. The van der Waals surface area contributed by atoms with Crippen LogP contribution in [0.3, 0.4) is 0 Å². The summed E-state index contributed by atoms with van der Waals surface area (Å²) < 4.78 is 29.8. The molecule has 1 aliphatic rings. The second-order valence-corrected chi connectivity index (χ2v) is 8.01. The number of sulfonamides is 1. The van der Waals surface area contributed by atoms with Crippen LogP contribution in [0.25, 0.3) is 4.91 Å². The summed E-state index contributed by atoms with van der Waals surface area (Å²) in [7, 11) is -3.71. The van der Waals surface area contributed by atoms with E-state index in [9.17, 15) is 8.42 Å². The molecule has 0 aromatic heterocycles. The van der Waals surface area contributed by atoms with Crippen molar-refractivity contribution in [3.8, 4) is 0 Å². The molecule has 0 atom stereocenters. The van der Waals surface area contributed by atoms with Gasteiger partial charge in [0.1, 0.15) is 10.7 Å². The molecule has 124 valence electrons. The van der Waals surface area contributed by atoms with E-state index in [-0.39, 0.29) is 4.91 Å². The molecule has 0 saturated carbocycles. The molecule has 1 N–H and O–H groups in total. The first-order valence-corrected chi connectivity index (χ1v) is 9.82. The van der Waals surface area contributed by atoms with Crippen LogP contribution in [0.2, 0.25) is 0 Å². The van der Waals surface area contributed by atoms with Crippen molar-refractivity contribution in [1.82, 2.24) is 0 Å². The van der Waals surface area contributed by atoms with Crippen LogP contribution in [0.5, 0.6) is 0 Å².